The van der Waals surface area contributed by atoms with Crippen molar-refractivity contribution >= 4 is 5.78 Å². The van der Waals surface area contributed by atoms with Crippen molar-refractivity contribution in [1.82, 2.24) is 0 Å². The smallest absolute Gasteiger partial charge is 0.178 e. The summed E-state index contributed by atoms with van der Waals surface area (Å²) in [6, 6.07) is 0. The second kappa shape index (κ2) is 14.4. The molecule has 0 N–H and O–H groups in total. The molecule has 0 aliphatic rings. The summed E-state index contributed by atoms with van der Waals surface area (Å²) in [5, 5.41) is 0. The first-order valence-electron chi connectivity index (χ1n) is 7.14. The summed E-state index contributed by atoms with van der Waals surface area (Å²) >= 11 is 0. The Morgan fingerprint density at radius 3 is 2.21 bits per heavy atom. The summed E-state index contributed by atoms with van der Waals surface area (Å²) in [5.74, 6) is -0.0726. The number of hydrogen-bond acceptors (Lipinski definition) is 1. The lowest BCUT2D eigenvalue weighted by Gasteiger charge is -1.95. The van der Waals surface area contributed by atoms with Crippen LogP contribution in [0.2, 0.25) is 0 Å². The van der Waals surface area contributed by atoms with E-state index in [0.717, 1.165) is 6.42 Å². The Morgan fingerprint density at radius 2 is 1.53 bits per heavy atom. The molecule has 0 aliphatic carbocycles. The Morgan fingerprint density at radius 1 is 0.895 bits per heavy atom. The summed E-state index contributed by atoms with van der Waals surface area (Å²) < 4.78 is 0. The second-order valence-electron chi connectivity index (χ2n) is 4.37. The third kappa shape index (κ3) is 14.3. The van der Waals surface area contributed by atoms with Gasteiger partial charge in [-0.1, -0.05) is 81.7 Å². The van der Waals surface area contributed by atoms with E-state index in [9.17, 15) is 4.79 Å². The normalized spacial score (nSPS) is 12.3. The summed E-state index contributed by atoms with van der Waals surface area (Å²) in [4.78, 5) is 10.8. The lowest BCUT2D eigenvalue weighted by molar-refractivity contribution is -0.110. The van der Waals surface area contributed by atoms with Crippen LogP contribution in [0.15, 0.2) is 61.3 Å². The van der Waals surface area contributed by atoms with Crippen LogP contribution in [-0.4, -0.2) is 5.78 Å². The van der Waals surface area contributed by atoms with Gasteiger partial charge in [-0.15, -0.1) is 0 Å². The Bertz CT molecular complexity index is 343. The molecule has 0 aromatic heterocycles. The number of carbonyl (C=O) groups excluding carboxylic acids is 1. The molecule has 0 amide bonds. The molecule has 0 fully saturated rings. The Labute approximate surface area is 118 Å². The molecule has 104 valence electrons. The van der Waals surface area contributed by atoms with Gasteiger partial charge in [0.25, 0.3) is 0 Å². The topological polar surface area (TPSA) is 17.1 Å². The predicted molar refractivity (Wildman–Crippen MR) is 85.1 cm³/mol. The van der Waals surface area contributed by atoms with Crippen LogP contribution in [0.3, 0.4) is 0 Å². The highest BCUT2D eigenvalue weighted by molar-refractivity contribution is 5.98. The van der Waals surface area contributed by atoms with Gasteiger partial charge < -0.3 is 0 Å². The van der Waals surface area contributed by atoms with Gasteiger partial charge in [0.2, 0.25) is 0 Å². The fourth-order valence-electron chi connectivity index (χ4n) is 1.52. The molecule has 1 heteroatoms. The van der Waals surface area contributed by atoms with Crippen molar-refractivity contribution in [3.05, 3.63) is 61.3 Å². The van der Waals surface area contributed by atoms with Gasteiger partial charge in [0.05, 0.1) is 0 Å². The van der Waals surface area contributed by atoms with Gasteiger partial charge in [0.15, 0.2) is 5.78 Å². The minimum Gasteiger partial charge on any atom is -0.290 e. The van der Waals surface area contributed by atoms with Gasteiger partial charge in [-0.05, 0) is 25.0 Å². The molecule has 0 spiro atoms. The van der Waals surface area contributed by atoms with Crippen LogP contribution in [-0.2, 0) is 4.79 Å². The number of unbranched alkanes of at least 4 members (excludes halogenated alkanes) is 5. The van der Waals surface area contributed by atoms with Gasteiger partial charge >= 0.3 is 0 Å². The zero-order valence-corrected chi connectivity index (χ0v) is 12.1. The molecule has 0 aromatic carbocycles. The fraction of sp³-hybridized carbons (Fsp3) is 0.389. The monoisotopic (exact) mass is 258 g/mol. The standard InChI is InChI=1S/C18H26O/c1-3-5-6-7-8-9-10-11-12-13-14-15-16-17-18(19)4-2/h4,10-17H,2-3,5-9H2,1H3/b11-10+,13-12+,15-14+,17-16+. The van der Waals surface area contributed by atoms with E-state index in [4.69, 9.17) is 0 Å². The van der Waals surface area contributed by atoms with Crippen molar-refractivity contribution in [3.63, 3.8) is 0 Å². The van der Waals surface area contributed by atoms with E-state index < -0.39 is 0 Å². The molecule has 0 aromatic rings. The highest BCUT2D eigenvalue weighted by Gasteiger charge is 1.85. The maximum absolute atomic E-state index is 10.8. The summed E-state index contributed by atoms with van der Waals surface area (Å²) in [6.07, 6.45) is 24.3. The summed E-state index contributed by atoms with van der Waals surface area (Å²) in [7, 11) is 0. The van der Waals surface area contributed by atoms with Crippen molar-refractivity contribution in [2.24, 2.45) is 0 Å². The molecule has 19 heavy (non-hydrogen) atoms. The first-order chi connectivity index (χ1) is 9.31. The predicted octanol–water partition coefficient (Wildman–Crippen LogP) is 5.33. The molecule has 0 atom stereocenters. The third-order valence-electron chi connectivity index (χ3n) is 2.63. The number of allylic oxidation sites excluding steroid dienone is 9. The van der Waals surface area contributed by atoms with Crippen LogP contribution >= 0.6 is 0 Å². The Kier molecular flexibility index (Phi) is 13.2. The van der Waals surface area contributed by atoms with Gasteiger partial charge in [0.1, 0.15) is 0 Å². The highest BCUT2D eigenvalue weighted by atomic mass is 16.1. The van der Waals surface area contributed by atoms with Crippen LogP contribution < -0.4 is 0 Å². The van der Waals surface area contributed by atoms with Crippen molar-refractivity contribution in [2.45, 2.75) is 45.4 Å². The van der Waals surface area contributed by atoms with Crippen molar-refractivity contribution in [1.29, 1.82) is 0 Å². The number of carbonyl (C=O) groups is 1. The lowest BCUT2D eigenvalue weighted by Crippen LogP contribution is -1.80. The van der Waals surface area contributed by atoms with Gasteiger partial charge in [-0.3, -0.25) is 4.79 Å². The maximum atomic E-state index is 10.8. The van der Waals surface area contributed by atoms with E-state index in [1.54, 1.807) is 6.08 Å². The lowest BCUT2D eigenvalue weighted by atomic mass is 10.1. The minimum atomic E-state index is -0.0726. The van der Waals surface area contributed by atoms with Crippen LogP contribution in [0.1, 0.15) is 45.4 Å². The highest BCUT2D eigenvalue weighted by Crippen LogP contribution is 2.05. The molecule has 1 nitrogen and oxygen atoms in total. The van der Waals surface area contributed by atoms with Crippen LogP contribution in [0.5, 0.6) is 0 Å². The maximum Gasteiger partial charge on any atom is 0.178 e. The molecule has 0 aliphatic heterocycles. The van der Waals surface area contributed by atoms with Crippen molar-refractivity contribution < 1.29 is 4.79 Å². The van der Waals surface area contributed by atoms with Crippen LogP contribution in [0, 0.1) is 0 Å². The second-order valence-corrected chi connectivity index (χ2v) is 4.37. The van der Waals surface area contributed by atoms with E-state index in [1.165, 1.54) is 44.3 Å². The molecule has 0 saturated carbocycles. The van der Waals surface area contributed by atoms with E-state index in [-0.39, 0.29) is 5.78 Å². The SMILES string of the molecule is C=CC(=O)/C=C/C=C/C=C/C=C/CCCCCCC. The van der Waals surface area contributed by atoms with Crippen molar-refractivity contribution in [3.8, 4) is 0 Å². The molecule has 0 radical (unpaired) electrons. The van der Waals surface area contributed by atoms with E-state index >= 15 is 0 Å². The first-order valence-corrected chi connectivity index (χ1v) is 7.14. The largest absolute Gasteiger partial charge is 0.290 e. The zero-order chi connectivity index (χ0) is 14.2. The molecule has 0 unspecified atom stereocenters. The van der Waals surface area contributed by atoms with Gasteiger partial charge in [-0.25, -0.2) is 0 Å². The van der Waals surface area contributed by atoms with E-state index in [2.05, 4.69) is 25.7 Å². The number of ketones is 1. The molecular weight excluding hydrogens is 232 g/mol. The number of hydrogen-bond donors (Lipinski definition) is 0. The van der Waals surface area contributed by atoms with Crippen LogP contribution in [0.25, 0.3) is 0 Å². The van der Waals surface area contributed by atoms with Gasteiger partial charge in [0, 0.05) is 0 Å². The first kappa shape index (κ1) is 17.4. The fourth-order valence-corrected chi connectivity index (χ4v) is 1.52. The van der Waals surface area contributed by atoms with Gasteiger partial charge in [-0.2, -0.15) is 0 Å². The Hall–Kier alpha value is -1.63. The molecule has 0 rings (SSSR count). The van der Waals surface area contributed by atoms with Crippen molar-refractivity contribution in [2.75, 3.05) is 0 Å². The molecule has 0 heterocycles. The van der Waals surface area contributed by atoms with Crippen LogP contribution in [0.4, 0.5) is 0 Å². The summed E-state index contributed by atoms with van der Waals surface area (Å²) in [6.45, 7) is 5.63. The zero-order valence-electron chi connectivity index (χ0n) is 12.1. The quantitative estimate of drug-likeness (QED) is 0.278. The average Bonchev–Trinajstić information content (AvgIpc) is 2.43. The molecule has 0 saturated heterocycles. The molecular formula is C18H26O. The van der Waals surface area contributed by atoms with E-state index in [0.29, 0.717) is 0 Å². The third-order valence-corrected chi connectivity index (χ3v) is 2.63. The average molecular weight is 258 g/mol. The van der Waals surface area contributed by atoms with E-state index in [1.807, 2.05) is 24.3 Å². The molecule has 0 bridgehead atoms. The minimum absolute atomic E-state index is 0.0726. The summed E-state index contributed by atoms with van der Waals surface area (Å²) in [5.41, 5.74) is 0. The number of rotatable bonds is 11. The Balaban J connectivity index is 3.56.